The van der Waals surface area contributed by atoms with Crippen molar-refractivity contribution < 1.29 is 18.3 Å². The molecule has 0 spiro atoms. The Bertz CT molecular complexity index is 532. The Hall–Kier alpha value is -1.81. The van der Waals surface area contributed by atoms with Crippen molar-refractivity contribution in [3.63, 3.8) is 0 Å². The van der Waals surface area contributed by atoms with E-state index in [0.717, 1.165) is 24.3 Å². The zero-order valence-electron chi connectivity index (χ0n) is 8.75. The van der Waals surface area contributed by atoms with Crippen LogP contribution in [0.1, 0.15) is 5.56 Å². The number of benzene rings is 2. The highest BCUT2D eigenvalue weighted by atomic mass is 19.1. The van der Waals surface area contributed by atoms with Crippen LogP contribution in [0.5, 0.6) is 0 Å². The van der Waals surface area contributed by atoms with Crippen molar-refractivity contribution in [3.8, 4) is 11.1 Å². The molecule has 0 aromatic heterocycles. The molecular formula is C13H9F3O. The highest BCUT2D eigenvalue weighted by molar-refractivity contribution is 5.65. The fourth-order valence-corrected chi connectivity index (χ4v) is 1.60. The normalized spacial score (nSPS) is 10.6. The molecule has 0 fully saturated rings. The monoisotopic (exact) mass is 238 g/mol. The summed E-state index contributed by atoms with van der Waals surface area (Å²) in [5.41, 5.74) is 0.649. The first kappa shape index (κ1) is 11.7. The van der Waals surface area contributed by atoms with Gasteiger partial charge in [0.05, 0.1) is 6.61 Å². The summed E-state index contributed by atoms with van der Waals surface area (Å²) >= 11 is 0. The molecule has 0 unspecified atom stereocenters. The molecule has 0 saturated heterocycles. The Balaban J connectivity index is 2.58. The van der Waals surface area contributed by atoms with Gasteiger partial charge >= 0.3 is 0 Å². The number of aliphatic hydroxyl groups excluding tert-OH is 1. The number of aliphatic hydroxyl groups is 1. The van der Waals surface area contributed by atoms with E-state index in [0.29, 0.717) is 5.56 Å². The van der Waals surface area contributed by atoms with Gasteiger partial charge in [-0.2, -0.15) is 0 Å². The molecule has 0 saturated carbocycles. The second-order valence-corrected chi connectivity index (χ2v) is 3.63. The summed E-state index contributed by atoms with van der Waals surface area (Å²) in [5, 5.41) is 8.94. The maximum absolute atomic E-state index is 13.5. The van der Waals surface area contributed by atoms with Crippen molar-refractivity contribution in [1.82, 2.24) is 0 Å². The minimum Gasteiger partial charge on any atom is -0.392 e. The number of rotatable bonds is 2. The fourth-order valence-electron chi connectivity index (χ4n) is 1.60. The van der Waals surface area contributed by atoms with Crippen molar-refractivity contribution in [2.45, 2.75) is 6.61 Å². The van der Waals surface area contributed by atoms with Crippen molar-refractivity contribution in [3.05, 3.63) is 59.4 Å². The van der Waals surface area contributed by atoms with Crippen LogP contribution < -0.4 is 0 Å². The van der Waals surface area contributed by atoms with E-state index >= 15 is 0 Å². The molecule has 0 aliphatic heterocycles. The molecule has 2 aromatic rings. The predicted octanol–water partition coefficient (Wildman–Crippen LogP) is 3.26. The summed E-state index contributed by atoms with van der Waals surface area (Å²) in [6.45, 7) is -0.259. The van der Waals surface area contributed by atoms with Gasteiger partial charge in [0.2, 0.25) is 0 Å². The van der Waals surface area contributed by atoms with Crippen LogP contribution in [-0.4, -0.2) is 5.11 Å². The van der Waals surface area contributed by atoms with E-state index in [1.54, 1.807) is 0 Å². The molecule has 1 N–H and O–H groups in total. The highest BCUT2D eigenvalue weighted by Gasteiger charge is 2.09. The molecule has 0 amide bonds. The second-order valence-electron chi connectivity index (χ2n) is 3.63. The molecule has 1 nitrogen and oxygen atoms in total. The van der Waals surface area contributed by atoms with Gasteiger partial charge in [0.1, 0.15) is 17.5 Å². The zero-order valence-corrected chi connectivity index (χ0v) is 8.75. The summed E-state index contributed by atoms with van der Waals surface area (Å²) in [6, 6.07) is 6.74. The van der Waals surface area contributed by atoms with Crippen LogP contribution >= 0.6 is 0 Å². The van der Waals surface area contributed by atoms with Crippen LogP contribution in [0, 0.1) is 17.5 Å². The first-order chi connectivity index (χ1) is 8.10. The maximum atomic E-state index is 13.5. The molecule has 0 atom stereocenters. The first-order valence-corrected chi connectivity index (χ1v) is 4.96. The summed E-state index contributed by atoms with van der Waals surface area (Å²) in [5.74, 6) is -2.13. The third-order valence-electron chi connectivity index (χ3n) is 2.39. The van der Waals surface area contributed by atoms with Crippen LogP contribution in [0.25, 0.3) is 11.1 Å². The van der Waals surface area contributed by atoms with Crippen molar-refractivity contribution in [1.29, 1.82) is 0 Å². The Morgan fingerprint density at radius 2 is 1.53 bits per heavy atom. The van der Waals surface area contributed by atoms with Crippen LogP contribution in [0.4, 0.5) is 13.2 Å². The van der Waals surface area contributed by atoms with E-state index in [1.165, 1.54) is 12.1 Å². The molecule has 0 aliphatic carbocycles. The quantitative estimate of drug-likeness (QED) is 0.851. The predicted molar refractivity (Wildman–Crippen MR) is 57.7 cm³/mol. The second kappa shape index (κ2) is 4.59. The number of hydrogen-bond acceptors (Lipinski definition) is 1. The highest BCUT2D eigenvalue weighted by Crippen LogP contribution is 2.25. The Kier molecular flexibility index (Phi) is 3.15. The Morgan fingerprint density at radius 1 is 0.882 bits per heavy atom. The fraction of sp³-hybridized carbons (Fsp3) is 0.0769. The average molecular weight is 238 g/mol. The average Bonchev–Trinajstić information content (AvgIpc) is 2.28. The lowest BCUT2D eigenvalue weighted by Crippen LogP contribution is -1.91. The van der Waals surface area contributed by atoms with Crippen molar-refractivity contribution in [2.24, 2.45) is 0 Å². The van der Waals surface area contributed by atoms with Gasteiger partial charge in [-0.25, -0.2) is 13.2 Å². The summed E-state index contributed by atoms with van der Waals surface area (Å²) < 4.78 is 39.6. The SMILES string of the molecule is OCc1ccc(F)c(-c2cc(F)cc(F)c2)c1. The van der Waals surface area contributed by atoms with Gasteiger partial charge in [-0.15, -0.1) is 0 Å². The molecule has 2 rings (SSSR count). The summed E-state index contributed by atoms with van der Waals surface area (Å²) in [4.78, 5) is 0. The van der Waals surface area contributed by atoms with Crippen molar-refractivity contribution >= 4 is 0 Å². The van der Waals surface area contributed by atoms with Gasteiger partial charge in [-0.3, -0.25) is 0 Å². The molecule has 2 aromatic carbocycles. The number of halogens is 3. The first-order valence-electron chi connectivity index (χ1n) is 4.96. The van der Waals surface area contributed by atoms with E-state index in [2.05, 4.69) is 0 Å². The van der Waals surface area contributed by atoms with Gasteiger partial charge in [0, 0.05) is 11.6 Å². The van der Waals surface area contributed by atoms with E-state index in [-0.39, 0.29) is 17.7 Å². The lowest BCUT2D eigenvalue weighted by Gasteiger charge is -2.06. The molecule has 0 bridgehead atoms. The maximum Gasteiger partial charge on any atom is 0.131 e. The molecule has 0 aliphatic rings. The minimum absolute atomic E-state index is 0.0648. The molecular weight excluding hydrogens is 229 g/mol. The van der Waals surface area contributed by atoms with E-state index in [4.69, 9.17) is 5.11 Å². The third kappa shape index (κ3) is 2.47. The molecule has 0 heterocycles. The Labute approximate surface area is 96.1 Å². The van der Waals surface area contributed by atoms with Crippen LogP contribution in [-0.2, 0) is 6.61 Å². The van der Waals surface area contributed by atoms with Crippen molar-refractivity contribution in [2.75, 3.05) is 0 Å². The lowest BCUT2D eigenvalue weighted by molar-refractivity contribution is 0.282. The topological polar surface area (TPSA) is 20.2 Å². The molecule has 4 heteroatoms. The lowest BCUT2D eigenvalue weighted by atomic mass is 10.0. The van der Waals surface area contributed by atoms with Crippen LogP contribution in [0.15, 0.2) is 36.4 Å². The van der Waals surface area contributed by atoms with Gasteiger partial charge in [-0.05, 0) is 35.4 Å². The van der Waals surface area contributed by atoms with Gasteiger partial charge < -0.3 is 5.11 Å². The Morgan fingerprint density at radius 3 is 2.12 bits per heavy atom. The minimum atomic E-state index is -0.770. The standard InChI is InChI=1S/C13H9F3O/c14-10-4-9(5-11(15)6-10)12-3-8(7-17)1-2-13(12)16/h1-6,17H,7H2. The van der Waals surface area contributed by atoms with E-state index < -0.39 is 17.5 Å². The molecule has 88 valence electrons. The van der Waals surface area contributed by atoms with Crippen LogP contribution in [0.2, 0.25) is 0 Å². The largest absolute Gasteiger partial charge is 0.392 e. The summed E-state index contributed by atoms with van der Waals surface area (Å²) in [6.07, 6.45) is 0. The van der Waals surface area contributed by atoms with Gasteiger partial charge in [0.25, 0.3) is 0 Å². The third-order valence-corrected chi connectivity index (χ3v) is 2.39. The van der Waals surface area contributed by atoms with E-state index in [1.807, 2.05) is 0 Å². The smallest absolute Gasteiger partial charge is 0.131 e. The number of hydrogen-bond donors (Lipinski definition) is 1. The molecule has 0 radical (unpaired) electrons. The van der Waals surface area contributed by atoms with Crippen LogP contribution in [0.3, 0.4) is 0 Å². The van der Waals surface area contributed by atoms with E-state index in [9.17, 15) is 13.2 Å². The summed E-state index contributed by atoms with van der Waals surface area (Å²) in [7, 11) is 0. The van der Waals surface area contributed by atoms with Gasteiger partial charge in [0.15, 0.2) is 0 Å². The molecule has 17 heavy (non-hydrogen) atoms. The zero-order chi connectivity index (χ0) is 12.4. The van der Waals surface area contributed by atoms with Gasteiger partial charge in [-0.1, -0.05) is 6.07 Å².